The van der Waals surface area contributed by atoms with E-state index >= 15 is 0 Å². The number of aliphatic hydroxyl groups excluding tert-OH is 1. The van der Waals surface area contributed by atoms with Crippen LogP contribution in [0, 0.1) is 52.3 Å². The number of fused-ring (bicyclic) bond motifs is 5. The van der Waals surface area contributed by atoms with E-state index < -0.39 is 0 Å². The van der Waals surface area contributed by atoms with Crippen molar-refractivity contribution >= 4 is 0 Å². The van der Waals surface area contributed by atoms with Crippen molar-refractivity contribution in [1.29, 1.82) is 0 Å². The molecule has 0 spiro atoms. The van der Waals surface area contributed by atoms with Crippen LogP contribution in [0.4, 0.5) is 0 Å². The Kier molecular flexibility index (Phi) is 5.98. The highest BCUT2D eigenvalue weighted by Gasteiger charge is 2.61. The summed E-state index contributed by atoms with van der Waals surface area (Å²) in [6.45, 7) is 12.6. The van der Waals surface area contributed by atoms with Gasteiger partial charge in [0.25, 0.3) is 0 Å². The molecule has 1 N–H and O–H groups in total. The number of hydrogen-bond donors (Lipinski definition) is 1. The standard InChI is InChI=1S/C27H48O/c1-18(2)8-6-9-19(3)21-13-14-22-20-11-12-24-25(28)10-7-16-26(24,4)23(20)15-17-27(21,22)5/h18-25,28H,6-17H2,1-5H3/t19-,20+,21+,22-,23-,24+,25-,26-,27+/m1/s1. The molecule has 4 saturated carbocycles. The van der Waals surface area contributed by atoms with Gasteiger partial charge in [-0.25, -0.2) is 0 Å². The molecule has 0 bridgehead atoms. The van der Waals surface area contributed by atoms with Gasteiger partial charge >= 0.3 is 0 Å². The van der Waals surface area contributed by atoms with E-state index in [2.05, 4.69) is 34.6 Å². The van der Waals surface area contributed by atoms with Crippen molar-refractivity contribution in [2.75, 3.05) is 0 Å². The molecule has 4 aliphatic carbocycles. The van der Waals surface area contributed by atoms with Gasteiger partial charge in [-0.3, -0.25) is 0 Å². The largest absolute Gasteiger partial charge is 0.393 e. The van der Waals surface area contributed by atoms with E-state index in [9.17, 15) is 5.11 Å². The van der Waals surface area contributed by atoms with Crippen LogP contribution >= 0.6 is 0 Å². The van der Waals surface area contributed by atoms with E-state index in [0.29, 0.717) is 16.7 Å². The molecule has 0 aliphatic heterocycles. The predicted molar refractivity (Wildman–Crippen MR) is 119 cm³/mol. The van der Waals surface area contributed by atoms with Crippen molar-refractivity contribution < 1.29 is 5.11 Å². The molecule has 4 rings (SSSR count). The van der Waals surface area contributed by atoms with Crippen molar-refractivity contribution in [3.8, 4) is 0 Å². The molecule has 1 heteroatoms. The minimum atomic E-state index is -0.00897. The van der Waals surface area contributed by atoms with Crippen molar-refractivity contribution in [3.63, 3.8) is 0 Å². The van der Waals surface area contributed by atoms with Gasteiger partial charge in [0.15, 0.2) is 0 Å². The van der Waals surface area contributed by atoms with Crippen LogP contribution in [0.3, 0.4) is 0 Å². The van der Waals surface area contributed by atoms with Gasteiger partial charge in [0, 0.05) is 0 Å². The lowest BCUT2D eigenvalue weighted by atomic mass is 9.44. The van der Waals surface area contributed by atoms with Crippen LogP contribution in [0.2, 0.25) is 0 Å². The molecule has 4 aliphatic rings. The Morgan fingerprint density at radius 3 is 2.25 bits per heavy atom. The summed E-state index contributed by atoms with van der Waals surface area (Å²) >= 11 is 0. The van der Waals surface area contributed by atoms with Gasteiger partial charge in [0.05, 0.1) is 6.10 Å². The molecule has 0 heterocycles. The van der Waals surface area contributed by atoms with Crippen LogP contribution in [0.1, 0.15) is 112 Å². The summed E-state index contributed by atoms with van der Waals surface area (Å²) in [4.78, 5) is 0. The molecule has 1 nitrogen and oxygen atoms in total. The second-order valence-electron chi connectivity index (χ2n) is 12.6. The number of hydrogen-bond acceptors (Lipinski definition) is 1. The summed E-state index contributed by atoms with van der Waals surface area (Å²) in [6, 6.07) is 0. The quantitative estimate of drug-likeness (QED) is 0.518. The molecule has 28 heavy (non-hydrogen) atoms. The van der Waals surface area contributed by atoms with Crippen molar-refractivity contribution in [1.82, 2.24) is 0 Å². The topological polar surface area (TPSA) is 20.2 Å². The second kappa shape index (κ2) is 7.90. The van der Waals surface area contributed by atoms with Gasteiger partial charge in [-0.1, -0.05) is 60.3 Å². The minimum Gasteiger partial charge on any atom is -0.393 e. The van der Waals surface area contributed by atoms with Crippen molar-refractivity contribution in [2.24, 2.45) is 52.3 Å². The predicted octanol–water partition coefficient (Wildman–Crippen LogP) is 7.47. The fourth-order valence-electron chi connectivity index (χ4n) is 9.41. The van der Waals surface area contributed by atoms with Crippen LogP contribution in [-0.4, -0.2) is 11.2 Å². The Balaban J connectivity index is 1.47. The van der Waals surface area contributed by atoms with E-state index in [-0.39, 0.29) is 6.10 Å². The average molecular weight is 389 g/mol. The Labute approximate surface area is 175 Å². The maximum atomic E-state index is 10.7. The molecule has 0 radical (unpaired) electrons. The van der Waals surface area contributed by atoms with Gasteiger partial charge in [-0.05, 0) is 104 Å². The van der Waals surface area contributed by atoms with E-state index in [1.54, 1.807) is 0 Å². The first-order chi connectivity index (χ1) is 13.3. The van der Waals surface area contributed by atoms with Crippen LogP contribution in [0.25, 0.3) is 0 Å². The summed E-state index contributed by atoms with van der Waals surface area (Å²) in [5, 5.41) is 10.7. The molecular weight excluding hydrogens is 340 g/mol. The fraction of sp³-hybridized carbons (Fsp3) is 1.00. The molecule has 4 fully saturated rings. The summed E-state index contributed by atoms with van der Waals surface area (Å²) in [5.41, 5.74) is 1.04. The van der Waals surface area contributed by atoms with E-state index in [1.807, 2.05) is 0 Å². The summed E-state index contributed by atoms with van der Waals surface area (Å²) < 4.78 is 0. The first-order valence-corrected chi connectivity index (χ1v) is 13.0. The lowest BCUT2D eigenvalue weighted by Crippen LogP contribution is -2.55. The highest BCUT2D eigenvalue weighted by atomic mass is 16.3. The monoisotopic (exact) mass is 388 g/mol. The molecule has 162 valence electrons. The Morgan fingerprint density at radius 2 is 1.50 bits per heavy atom. The SMILES string of the molecule is CC(C)CCC[C@@H](C)[C@@H]1CC[C@@H]2[C@@H]3CC[C@H]4[C@H](O)CCC[C@]4(C)[C@@H]3CC[C@]21C. The van der Waals surface area contributed by atoms with Crippen LogP contribution in [-0.2, 0) is 0 Å². The normalized spacial score (nSPS) is 49.4. The number of rotatable bonds is 5. The van der Waals surface area contributed by atoms with Crippen molar-refractivity contribution in [3.05, 3.63) is 0 Å². The Morgan fingerprint density at radius 1 is 0.786 bits per heavy atom. The zero-order valence-electron chi connectivity index (χ0n) is 19.6. The Hall–Kier alpha value is -0.0400. The van der Waals surface area contributed by atoms with Gasteiger partial charge in [-0.2, -0.15) is 0 Å². The first kappa shape index (κ1) is 21.2. The molecular formula is C27H48O. The molecule has 0 aromatic heterocycles. The van der Waals surface area contributed by atoms with Crippen LogP contribution < -0.4 is 0 Å². The first-order valence-electron chi connectivity index (χ1n) is 13.0. The number of aliphatic hydroxyl groups is 1. The molecule has 0 unspecified atom stereocenters. The van der Waals surface area contributed by atoms with Crippen molar-refractivity contribution in [2.45, 2.75) is 118 Å². The van der Waals surface area contributed by atoms with Gasteiger partial charge in [-0.15, -0.1) is 0 Å². The maximum Gasteiger partial charge on any atom is 0.0573 e. The summed E-state index contributed by atoms with van der Waals surface area (Å²) in [5.74, 6) is 6.16. The lowest BCUT2D eigenvalue weighted by molar-refractivity contribution is -0.145. The molecule has 0 aromatic carbocycles. The molecule has 0 saturated heterocycles. The third kappa shape index (κ3) is 3.40. The van der Waals surface area contributed by atoms with Gasteiger partial charge in [0.1, 0.15) is 0 Å². The van der Waals surface area contributed by atoms with E-state index in [1.165, 1.54) is 70.6 Å². The summed E-state index contributed by atoms with van der Waals surface area (Å²) in [6.07, 6.45) is 16.6. The third-order valence-corrected chi connectivity index (χ3v) is 10.8. The van der Waals surface area contributed by atoms with Crippen LogP contribution in [0.15, 0.2) is 0 Å². The molecule has 0 aromatic rings. The minimum absolute atomic E-state index is 0.00897. The third-order valence-electron chi connectivity index (χ3n) is 10.8. The summed E-state index contributed by atoms with van der Waals surface area (Å²) in [7, 11) is 0. The van der Waals surface area contributed by atoms with Gasteiger partial charge < -0.3 is 5.11 Å². The zero-order chi connectivity index (χ0) is 20.1. The average Bonchev–Trinajstić information content (AvgIpc) is 2.98. The highest BCUT2D eigenvalue weighted by molar-refractivity contribution is 5.10. The molecule has 9 atom stereocenters. The van der Waals surface area contributed by atoms with E-state index in [0.717, 1.165) is 41.9 Å². The van der Waals surface area contributed by atoms with E-state index in [4.69, 9.17) is 0 Å². The second-order valence-corrected chi connectivity index (χ2v) is 12.6. The Bertz CT molecular complexity index is 540. The maximum absolute atomic E-state index is 10.7. The fourth-order valence-corrected chi connectivity index (χ4v) is 9.41. The highest BCUT2D eigenvalue weighted by Crippen LogP contribution is 2.68. The zero-order valence-corrected chi connectivity index (χ0v) is 19.6. The molecule has 0 amide bonds. The lowest BCUT2D eigenvalue weighted by Gasteiger charge is -2.61. The smallest absolute Gasteiger partial charge is 0.0573 e. The van der Waals surface area contributed by atoms with Crippen LogP contribution in [0.5, 0.6) is 0 Å². The van der Waals surface area contributed by atoms with Gasteiger partial charge in [0.2, 0.25) is 0 Å².